The van der Waals surface area contributed by atoms with Gasteiger partial charge in [-0.1, -0.05) is 65.0 Å². The first kappa shape index (κ1) is 36.6. The van der Waals surface area contributed by atoms with Gasteiger partial charge in [0.25, 0.3) is 5.91 Å². The number of carbonyl (C=O) groups excluding carboxylic acids is 3. The zero-order valence-corrected chi connectivity index (χ0v) is 28.2. The molecule has 0 radical (unpaired) electrons. The van der Waals surface area contributed by atoms with Gasteiger partial charge in [-0.15, -0.1) is 0 Å². The van der Waals surface area contributed by atoms with E-state index in [1.807, 2.05) is 0 Å². The highest BCUT2D eigenvalue weighted by atomic mass is 16.4. The Kier molecular flexibility index (Phi) is 13.7. The van der Waals surface area contributed by atoms with Crippen LogP contribution in [0.2, 0.25) is 0 Å². The number of nitrogens with zero attached hydrogens (tertiary/aromatic N) is 3. The number of piperidine rings is 1. The molecule has 46 heavy (non-hydrogen) atoms. The van der Waals surface area contributed by atoms with Gasteiger partial charge in [-0.05, 0) is 87.7 Å². The van der Waals surface area contributed by atoms with Crippen LogP contribution in [0.25, 0.3) is 17.0 Å². The lowest BCUT2D eigenvalue weighted by Crippen LogP contribution is -2.60. The number of pyridine rings is 1. The third-order valence-electron chi connectivity index (χ3n) is 8.94. The Bertz CT molecular complexity index is 1370. The van der Waals surface area contributed by atoms with Crippen molar-refractivity contribution in [3.63, 3.8) is 0 Å². The molecule has 0 aliphatic carbocycles. The summed E-state index contributed by atoms with van der Waals surface area (Å²) >= 11 is 0. The molecule has 0 bridgehead atoms. The van der Waals surface area contributed by atoms with Gasteiger partial charge >= 0.3 is 5.97 Å². The highest BCUT2D eigenvalue weighted by Crippen LogP contribution is 2.33. The number of fused-ring (bicyclic) bond motifs is 1. The van der Waals surface area contributed by atoms with Gasteiger partial charge in [0.05, 0.1) is 5.52 Å². The lowest BCUT2D eigenvalue weighted by Gasteiger charge is -2.37. The van der Waals surface area contributed by atoms with Crippen LogP contribution in [0.4, 0.5) is 0 Å². The summed E-state index contributed by atoms with van der Waals surface area (Å²) in [4.78, 5) is 53.3. The molecule has 11 heteroatoms. The second-order valence-electron chi connectivity index (χ2n) is 12.9. The first-order valence-corrected chi connectivity index (χ1v) is 16.5. The van der Waals surface area contributed by atoms with E-state index in [9.17, 15) is 19.2 Å². The lowest BCUT2D eigenvalue weighted by atomic mass is 9.80. The van der Waals surface area contributed by atoms with Crippen LogP contribution in [0.15, 0.2) is 36.4 Å². The van der Waals surface area contributed by atoms with Crippen LogP contribution < -0.4 is 16.1 Å². The number of allylic oxidation sites excluding steroid dienone is 1. The number of aromatic nitrogens is 1. The number of aryl methyl sites for hydroxylation is 1. The van der Waals surface area contributed by atoms with Crippen molar-refractivity contribution in [3.05, 3.63) is 47.7 Å². The van der Waals surface area contributed by atoms with Crippen LogP contribution in [-0.2, 0) is 25.6 Å². The van der Waals surface area contributed by atoms with Gasteiger partial charge in [0.15, 0.2) is 0 Å². The molecule has 3 heterocycles. The number of nitrogens with one attached hydrogen (secondary N) is 3. The summed E-state index contributed by atoms with van der Waals surface area (Å²) in [6.07, 6.45) is 9.66. The van der Waals surface area contributed by atoms with E-state index in [2.05, 4.69) is 84.2 Å². The molecule has 2 aromatic rings. The van der Waals surface area contributed by atoms with Gasteiger partial charge < -0.3 is 20.6 Å². The van der Waals surface area contributed by atoms with Crippen LogP contribution in [0.1, 0.15) is 78.5 Å². The minimum Gasteiger partial charge on any atom is -0.480 e. The number of hydrogen-bond donors (Lipinski definition) is 4. The monoisotopic (exact) mass is 636 g/mol. The lowest BCUT2D eigenvalue weighted by molar-refractivity contribution is -0.148. The second kappa shape index (κ2) is 17.2. The maximum atomic E-state index is 12.3. The minimum atomic E-state index is -1.02. The van der Waals surface area contributed by atoms with Gasteiger partial charge in [-0.3, -0.25) is 29.2 Å². The normalized spacial score (nSPS) is 19.6. The highest BCUT2D eigenvalue weighted by Gasteiger charge is 2.32. The first-order chi connectivity index (χ1) is 21.9. The second-order valence-corrected chi connectivity index (χ2v) is 12.9. The summed E-state index contributed by atoms with van der Waals surface area (Å²) in [6, 6.07) is 8.53. The number of carboxylic acid groups (broad SMARTS) is 1. The Morgan fingerprint density at radius 1 is 1.11 bits per heavy atom. The fourth-order valence-corrected chi connectivity index (χ4v) is 5.69. The molecule has 0 spiro atoms. The van der Waals surface area contributed by atoms with Gasteiger partial charge in [-0.2, -0.15) is 0 Å². The summed E-state index contributed by atoms with van der Waals surface area (Å²) < 4.78 is 0. The van der Waals surface area contributed by atoms with E-state index in [0.717, 1.165) is 17.6 Å². The number of carboxylic acids is 1. The molecule has 2 unspecified atom stereocenters. The average Bonchev–Trinajstić information content (AvgIpc) is 3.06. The molecule has 1 aromatic carbocycles. The summed E-state index contributed by atoms with van der Waals surface area (Å²) in [6.45, 7) is 15.9. The number of hydrazine groups is 1. The Balaban J connectivity index is 0.000000250. The van der Waals surface area contributed by atoms with Crippen LogP contribution >= 0.6 is 0 Å². The van der Waals surface area contributed by atoms with E-state index in [-0.39, 0.29) is 5.92 Å². The zero-order valence-electron chi connectivity index (χ0n) is 28.2. The number of likely N-dealkylation sites (tertiary alicyclic amines) is 1. The van der Waals surface area contributed by atoms with Gasteiger partial charge in [-0.25, -0.2) is 5.43 Å². The average molecular weight is 637 g/mol. The third kappa shape index (κ3) is 10.3. The smallest absolute Gasteiger partial charge is 0.322 e. The summed E-state index contributed by atoms with van der Waals surface area (Å²) in [5, 5.41) is 16.4. The molecule has 2 aliphatic rings. The number of amides is 3. The Hall–Kier alpha value is -3.83. The molecule has 4 N–H and O–H groups in total. The minimum absolute atomic E-state index is 0.132. The third-order valence-corrected chi connectivity index (χ3v) is 8.94. The molecule has 252 valence electrons. The van der Waals surface area contributed by atoms with E-state index in [0.29, 0.717) is 31.2 Å². The quantitative estimate of drug-likeness (QED) is 0.273. The van der Waals surface area contributed by atoms with Crippen LogP contribution in [0.5, 0.6) is 0 Å². The first-order valence-electron chi connectivity index (χ1n) is 16.5. The summed E-state index contributed by atoms with van der Waals surface area (Å²) in [7, 11) is 0. The number of carbonyl (C=O) groups is 4. The van der Waals surface area contributed by atoms with E-state index in [1.54, 1.807) is 13.8 Å². The molecule has 0 saturated carbocycles. The molecule has 2 fully saturated rings. The van der Waals surface area contributed by atoms with Crippen molar-refractivity contribution in [1.29, 1.82) is 0 Å². The largest absolute Gasteiger partial charge is 0.480 e. The van der Waals surface area contributed by atoms with Crippen molar-refractivity contribution in [2.75, 3.05) is 26.2 Å². The van der Waals surface area contributed by atoms with E-state index in [4.69, 9.17) is 10.1 Å². The molecule has 1 aromatic heterocycles. The number of rotatable bonds is 11. The van der Waals surface area contributed by atoms with E-state index >= 15 is 0 Å². The predicted molar refractivity (Wildman–Crippen MR) is 181 cm³/mol. The van der Waals surface area contributed by atoms with Gasteiger partial charge in [0.1, 0.15) is 18.1 Å². The van der Waals surface area contributed by atoms with Gasteiger partial charge in [0, 0.05) is 17.6 Å². The fourth-order valence-electron chi connectivity index (χ4n) is 5.69. The molecule has 2 aliphatic heterocycles. The highest BCUT2D eigenvalue weighted by molar-refractivity contribution is 5.90. The standard InChI is InChI=1S/C21H28N2.C14H24N4O5/c1-4-19-9-8-18-7-6-17(16-20(18)22-19)10-11-21(3)12-14-23(5-2)15-13-21;1-8(2)11(15-7-19)12(20)16-9(3)13(21)18-6-4-5-10(17-18)14(22)23/h6-11,16H,4-5,12-15H2,1-3H3;7-11,17H,4-6H2,1-3H3,(H,15,19)(H,16,20)(H,22,23)/b11-10+;/t;9?,10-,11?/m.0/s1. The predicted octanol–water partition coefficient (Wildman–Crippen LogP) is 3.77. The van der Waals surface area contributed by atoms with Crippen molar-refractivity contribution in [1.82, 2.24) is 31.0 Å². The number of benzene rings is 1. The molecule has 4 rings (SSSR count). The maximum absolute atomic E-state index is 12.3. The topological polar surface area (TPSA) is 144 Å². The Morgan fingerprint density at radius 3 is 2.41 bits per heavy atom. The van der Waals surface area contributed by atoms with Gasteiger partial charge in [0.2, 0.25) is 12.3 Å². The fraction of sp³-hybridized carbons (Fsp3) is 0.571. The number of hydrogen-bond acceptors (Lipinski definition) is 7. The van der Waals surface area contributed by atoms with Crippen LogP contribution in [0.3, 0.4) is 0 Å². The Morgan fingerprint density at radius 2 is 1.80 bits per heavy atom. The van der Waals surface area contributed by atoms with Crippen LogP contribution in [0, 0.1) is 11.3 Å². The number of aliphatic carboxylic acids is 1. The SMILES string of the molecule is CC(NC(=O)C(NC=O)C(C)C)C(=O)N1CCC[C@@H](C(=O)O)N1.CCc1ccc2ccc(/C=C/C3(C)CCN(CC)CC3)cc2n1. The molecular formula is C35H52N6O5. The molecular weight excluding hydrogens is 584 g/mol. The molecule has 3 amide bonds. The zero-order chi connectivity index (χ0) is 33.9. The summed E-state index contributed by atoms with van der Waals surface area (Å²) in [5.41, 5.74) is 6.51. The molecule has 11 nitrogen and oxygen atoms in total. The van der Waals surface area contributed by atoms with Crippen molar-refractivity contribution < 1.29 is 24.3 Å². The van der Waals surface area contributed by atoms with E-state index in [1.165, 1.54) is 55.4 Å². The maximum Gasteiger partial charge on any atom is 0.322 e. The molecule has 3 atom stereocenters. The van der Waals surface area contributed by atoms with E-state index < -0.39 is 35.9 Å². The van der Waals surface area contributed by atoms with Crippen molar-refractivity contribution in [3.8, 4) is 0 Å². The van der Waals surface area contributed by atoms with Crippen molar-refractivity contribution >= 4 is 41.2 Å². The van der Waals surface area contributed by atoms with Crippen molar-refractivity contribution in [2.24, 2.45) is 11.3 Å². The Labute approximate surface area is 273 Å². The molecule has 2 saturated heterocycles. The summed E-state index contributed by atoms with van der Waals surface area (Å²) in [5.74, 6) is -2.03. The van der Waals surface area contributed by atoms with Crippen molar-refractivity contribution in [2.45, 2.75) is 91.8 Å². The van der Waals surface area contributed by atoms with Crippen LogP contribution in [-0.4, -0.2) is 88.5 Å².